The van der Waals surface area contributed by atoms with Gasteiger partial charge in [-0.2, -0.15) is 4.98 Å². The summed E-state index contributed by atoms with van der Waals surface area (Å²) in [5.41, 5.74) is 12.7. The van der Waals surface area contributed by atoms with Crippen LogP contribution in [0.5, 0.6) is 11.5 Å². The molecule has 7 nitrogen and oxygen atoms in total. The average molecular weight is 249 g/mol. The Hall–Kier alpha value is -2.44. The van der Waals surface area contributed by atoms with Crippen molar-refractivity contribution in [3.05, 3.63) is 12.1 Å². The number of rotatable bonds is 3. The van der Waals surface area contributed by atoms with E-state index in [0.29, 0.717) is 34.5 Å². The maximum absolute atomic E-state index is 5.95. The molecule has 0 radical (unpaired) electrons. The van der Waals surface area contributed by atoms with Gasteiger partial charge in [0.25, 0.3) is 0 Å². The first-order valence-electron chi connectivity index (χ1n) is 5.25. The Morgan fingerprint density at radius 3 is 2.22 bits per heavy atom. The van der Waals surface area contributed by atoms with Gasteiger partial charge < -0.3 is 20.9 Å². The fraction of sp³-hybridized carbons (Fsp3) is 0.273. The van der Waals surface area contributed by atoms with Gasteiger partial charge in [-0.1, -0.05) is 0 Å². The lowest BCUT2D eigenvalue weighted by atomic mass is 10.1. The van der Waals surface area contributed by atoms with Crippen LogP contribution in [0.1, 0.15) is 0 Å². The number of hydrogen-bond donors (Lipinski definition) is 2. The number of benzene rings is 1. The summed E-state index contributed by atoms with van der Waals surface area (Å²) in [5, 5.41) is 4.18. The lowest BCUT2D eigenvalue weighted by Crippen LogP contribution is -1.98. The summed E-state index contributed by atoms with van der Waals surface area (Å²) in [4.78, 5) is 4.13. The summed E-state index contributed by atoms with van der Waals surface area (Å²) >= 11 is 0. The third kappa shape index (κ3) is 1.90. The Balaban J connectivity index is 2.57. The molecule has 0 aliphatic heterocycles. The Labute approximate surface area is 104 Å². The number of nitrogens with zero attached hydrogens (tertiary/aromatic N) is 3. The van der Waals surface area contributed by atoms with Crippen LogP contribution in [-0.4, -0.2) is 29.0 Å². The van der Waals surface area contributed by atoms with Crippen molar-refractivity contribution < 1.29 is 9.47 Å². The fourth-order valence-corrected chi connectivity index (χ4v) is 1.60. The molecule has 0 bridgehead atoms. The fourth-order valence-electron chi connectivity index (χ4n) is 1.60. The van der Waals surface area contributed by atoms with E-state index in [0.717, 1.165) is 0 Å². The second kappa shape index (κ2) is 4.44. The zero-order chi connectivity index (χ0) is 13.3. The maximum atomic E-state index is 5.95. The Morgan fingerprint density at radius 1 is 1.11 bits per heavy atom. The van der Waals surface area contributed by atoms with E-state index in [1.807, 2.05) is 0 Å². The molecule has 0 saturated heterocycles. The van der Waals surface area contributed by atoms with E-state index in [-0.39, 0.29) is 0 Å². The van der Waals surface area contributed by atoms with E-state index in [1.54, 1.807) is 33.4 Å². The van der Waals surface area contributed by atoms with Gasteiger partial charge in [0.2, 0.25) is 5.95 Å². The van der Waals surface area contributed by atoms with Crippen LogP contribution in [0.2, 0.25) is 0 Å². The zero-order valence-corrected chi connectivity index (χ0v) is 10.5. The molecular weight excluding hydrogens is 234 g/mol. The lowest BCUT2D eigenvalue weighted by Gasteiger charge is -2.10. The zero-order valence-electron chi connectivity index (χ0n) is 10.5. The van der Waals surface area contributed by atoms with Crippen LogP contribution < -0.4 is 20.9 Å². The molecular formula is C11H15N5O2. The van der Waals surface area contributed by atoms with Gasteiger partial charge in [0.05, 0.1) is 14.2 Å². The molecule has 1 heterocycles. The molecule has 2 aromatic rings. The Morgan fingerprint density at radius 2 is 1.72 bits per heavy atom. The summed E-state index contributed by atoms with van der Waals surface area (Å²) in [7, 11) is 4.81. The standard InChI is InChI=1S/C11H15N5O2/c1-16-11(13)14-10(15-16)6-4-8(17-2)9(18-3)5-7(6)12/h4-5H,12H2,1-3H3,(H2,13,14,15). The quantitative estimate of drug-likeness (QED) is 0.775. The highest BCUT2D eigenvalue weighted by Crippen LogP contribution is 2.36. The van der Waals surface area contributed by atoms with Gasteiger partial charge >= 0.3 is 0 Å². The minimum Gasteiger partial charge on any atom is -0.493 e. The minimum atomic E-state index is 0.319. The topological polar surface area (TPSA) is 101 Å². The molecule has 96 valence electrons. The van der Waals surface area contributed by atoms with Crippen molar-refractivity contribution in [1.82, 2.24) is 14.8 Å². The van der Waals surface area contributed by atoms with E-state index in [1.165, 1.54) is 4.68 Å². The van der Waals surface area contributed by atoms with Gasteiger partial charge in [-0.05, 0) is 6.07 Å². The van der Waals surface area contributed by atoms with Crippen molar-refractivity contribution >= 4 is 11.6 Å². The number of nitrogens with two attached hydrogens (primary N) is 2. The number of methoxy groups -OCH3 is 2. The van der Waals surface area contributed by atoms with Crippen molar-refractivity contribution in [2.24, 2.45) is 7.05 Å². The molecule has 0 fully saturated rings. The number of aromatic nitrogens is 3. The van der Waals surface area contributed by atoms with Gasteiger partial charge in [0.15, 0.2) is 17.3 Å². The van der Waals surface area contributed by atoms with Gasteiger partial charge in [-0.25, -0.2) is 4.68 Å². The molecule has 1 aromatic carbocycles. The normalized spacial score (nSPS) is 10.4. The highest BCUT2D eigenvalue weighted by atomic mass is 16.5. The molecule has 0 spiro atoms. The van der Waals surface area contributed by atoms with E-state index < -0.39 is 0 Å². The Kier molecular flexibility index (Phi) is 2.97. The highest BCUT2D eigenvalue weighted by molar-refractivity contribution is 5.76. The smallest absolute Gasteiger partial charge is 0.218 e. The number of ether oxygens (including phenoxy) is 2. The lowest BCUT2D eigenvalue weighted by molar-refractivity contribution is 0.355. The predicted molar refractivity (Wildman–Crippen MR) is 68.4 cm³/mol. The number of aryl methyl sites for hydroxylation is 1. The molecule has 0 unspecified atom stereocenters. The highest BCUT2D eigenvalue weighted by Gasteiger charge is 2.14. The van der Waals surface area contributed by atoms with Crippen LogP contribution in [-0.2, 0) is 7.05 Å². The first kappa shape index (κ1) is 12.0. The third-order valence-corrected chi connectivity index (χ3v) is 2.59. The van der Waals surface area contributed by atoms with Crippen molar-refractivity contribution in [2.45, 2.75) is 0 Å². The van der Waals surface area contributed by atoms with Crippen molar-refractivity contribution in [3.63, 3.8) is 0 Å². The van der Waals surface area contributed by atoms with Crippen LogP contribution in [0.4, 0.5) is 11.6 Å². The number of anilines is 2. The molecule has 7 heteroatoms. The van der Waals surface area contributed by atoms with Gasteiger partial charge in [-0.3, -0.25) is 0 Å². The second-order valence-electron chi connectivity index (χ2n) is 3.71. The summed E-state index contributed by atoms with van der Waals surface area (Å²) in [6.45, 7) is 0. The van der Waals surface area contributed by atoms with Crippen molar-refractivity contribution in [2.75, 3.05) is 25.7 Å². The average Bonchev–Trinajstić information content (AvgIpc) is 2.69. The van der Waals surface area contributed by atoms with E-state index in [2.05, 4.69) is 10.1 Å². The largest absolute Gasteiger partial charge is 0.493 e. The summed E-state index contributed by atoms with van der Waals surface area (Å²) in [6.07, 6.45) is 0. The molecule has 0 aliphatic carbocycles. The molecule has 2 rings (SSSR count). The van der Waals surface area contributed by atoms with Crippen LogP contribution in [0.3, 0.4) is 0 Å². The first-order valence-corrected chi connectivity index (χ1v) is 5.25. The van der Waals surface area contributed by atoms with Crippen LogP contribution in [0, 0.1) is 0 Å². The van der Waals surface area contributed by atoms with Crippen molar-refractivity contribution in [1.29, 1.82) is 0 Å². The number of hydrogen-bond acceptors (Lipinski definition) is 6. The summed E-state index contributed by atoms with van der Waals surface area (Å²) in [6, 6.07) is 3.39. The molecule has 0 amide bonds. The van der Waals surface area contributed by atoms with Crippen LogP contribution >= 0.6 is 0 Å². The molecule has 0 aliphatic rings. The van der Waals surface area contributed by atoms with Gasteiger partial charge in [0.1, 0.15) is 0 Å². The van der Waals surface area contributed by atoms with E-state index in [4.69, 9.17) is 20.9 Å². The van der Waals surface area contributed by atoms with Crippen LogP contribution in [0.25, 0.3) is 11.4 Å². The molecule has 18 heavy (non-hydrogen) atoms. The van der Waals surface area contributed by atoms with Gasteiger partial charge in [0, 0.05) is 24.4 Å². The van der Waals surface area contributed by atoms with Crippen molar-refractivity contribution in [3.8, 4) is 22.9 Å². The minimum absolute atomic E-state index is 0.319. The van der Waals surface area contributed by atoms with Gasteiger partial charge in [-0.15, -0.1) is 5.10 Å². The number of nitrogen functional groups attached to an aromatic ring is 2. The summed E-state index contributed by atoms with van der Waals surface area (Å²) in [5.74, 6) is 1.89. The summed E-state index contributed by atoms with van der Waals surface area (Å²) < 4.78 is 11.9. The molecule has 4 N–H and O–H groups in total. The van der Waals surface area contributed by atoms with Crippen LogP contribution in [0.15, 0.2) is 12.1 Å². The predicted octanol–water partition coefficient (Wildman–Crippen LogP) is 0.664. The maximum Gasteiger partial charge on any atom is 0.218 e. The third-order valence-electron chi connectivity index (χ3n) is 2.59. The second-order valence-corrected chi connectivity index (χ2v) is 3.71. The molecule has 0 atom stereocenters. The van der Waals surface area contributed by atoms with E-state index in [9.17, 15) is 0 Å². The van der Waals surface area contributed by atoms with E-state index >= 15 is 0 Å². The molecule has 1 aromatic heterocycles. The Bertz CT molecular complexity index is 560. The SMILES string of the molecule is COc1cc(N)c(-c2nc(N)n(C)n2)cc1OC. The first-order chi connectivity index (χ1) is 8.56. The molecule has 0 saturated carbocycles. The monoisotopic (exact) mass is 249 g/mol.